The van der Waals surface area contributed by atoms with Gasteiger partial charge in [0.15, 0.2) is 0 Å². The van der Waals surface area contributed by atoms with Gasteiger partial charge in [-0.15, -0.1) is 23.5 Å². The molecule has 0 unspecified atom stereocenters. The lowest BCUT2D eigenvalue weighted by atomic mass is 10.2. The first-order chi connectivity index (χ1) is 9.24. The Hall–Kier alpha value is -1.08. The van der Waals surface area contributed by atoms with Crippen LogP contribution in [0.5, 0.6) is 0 Å². The Labute approximate surface area is 127 Å². The van der Waals surface area contributed by atoms with E-state index in [0.717, 1.165) is 26.1 Å². The molecule has 1 nitrogen and oxygen atoms in total. The molecule has 0 spiro atoms. The van der Waals surface area contributed by atoms with Crippen molar-refractivity contribution in [2.24, 2.45) is 0 Å². The molecule has 0 atom stereocenters. The maximum absolute atomic E-state index is 9.27. The molecule has 96 valence electrons. The molecule has 0 N–H and O–H groups in total. The Morgan fingerprint density at radius 1 is 1.11 bits per heavy atom. The molecule has 0 aliphatic heterocycles. The summed E-state index contributed by atoms with van der Waals surface area (Å²) in [6.45, 7) is 0. The second-order valence-electron chi connectivity index (χ2n) is 3.86. The first kappa shape index (κ1) is 14.3. The molecule has 0 radical (unpaired) electrons. The average Bonchev–Trinajstić information content (AvgIpc) is 2.46. The zero-order valence-electron chi connectivity index (χ0n) is 10.4. The predicted octanol–water partition coefficient (Wildman–Crippen LogP) is 5.23. The van der Waals surface area contributed by atoms with Gasteiger partial charge in [0.25, 0.3) is 0 Å². The van der Waals surface area contributed by atoms with Crippen LogP contribution < -0.4 is 0 Å². The van der Waals surface area contributed by atoms with Gasteiger partial charge >= 0.3 is 0 Å². The quantitative estimate of drug-likeness (QED) is 0.723. The largest absolute Gasteiger partial charge is 0.192 e. The molecule has 0 aliphatic rings. The van der Waals surface area contributed by atoms with Crippen molar-refractivity contribution in [3.63, 3.8) is 0 Å². The zero-order chi connectivity index (χ0) is 13.7. The lowest BCUT2D eigenvalue weighted by molar-refractivity contribution is 1.25. The molecule has 0 saturated heterocycles. The number of hydrogen-bond donors (Lipinski definition) is 0. The summed E-state index contributed by atoms with van der Waals surface area (Å²) in [6, 6.07) is 16.1. The van der Waals surface area contributed by atoms with Crippen molar-refractivity contribution in [3.8, 4) is 6.07 Å². The standard InChI is InChI=1S/C15H12ClNS2/c1-18-14-3-2-4-15(13(14)9-17)19-10-11-5-7-12(16)8-6-11/h2-8H,10H2,1H3. The van der Waals surface area contributed by atoms with Gasteiger partial charge in [0, 0.05) is 20.6 Å². The van der Waals surface area contributed by atoms with E-state index >= 15 is 0 Å². The summed E-state index contributed by atoms with van der Waals surface area (Å²) in [4.78, 5) is 2.06. The van der Waals surface area contributed by atoms with Crippen LogP contribution in [0, 0.1) is 11.3 Å². The molecule has 0 bridgehead atoms. The van der Waals surface area contributed by atoms with Gasteiger partial charge < -0.3 is 0 Å². The smallest absolute Gasteiger partial charge is 0.101 e. The van der Waals surface area contributed by atoms with E-state index in [2.05, 4.69) is 6.07 Å². The first-order valence-corrected chi connectivity index (χ1v) is 8.28. The molecule has 2 aromatic rings. The summed E-state index contributed by atoms with van der Waals surface area (Å²) in [5.41, 5.74) is 1.97. The van der Waals surface area contributed by atoms with Gasteiger partial charge in [0.2, 0.25) is 0 Å². The molecule has 0 aliphatic carbocycles. The summed E-state index contributed by atoms with van der Waals surface area (Å²) in [6.07, 6.45) is 1.99. The van der Waals surface area contributed by atoms with Gasteiger partial charge in [0.05, 0.1) is 5.56 Å². The summed E-state index contributed by atoms with van der Waals surface area (Å²) in [7, 11) is 0. The summed E-state index contributed by atoms with van der Waals surface area (Å²) in [5.74, 6) is 0.837. The monoisotopic (exact) mass is 305 g/mol. The van der Waals surface area contributed by atoms with Crippen LogP contribution in [0.25, 0.3) is 0 Å². The molecular formula is C15H12ClNS2. The van der Waals surface area contributed by atoms with Crippen molar-refractivity contribution >= 4 is 35.1 Å². The maximum atomic E-state index is 9.27. The van der Waals surface area contributed by atoms with E-state index in [1.807, 2.05) is 48.7 Å². The molecule has 19 heavy (non-hydrogen) atoms. The SMILES string of the molecule is CSc1cccc(SCc2ccc(Cl)cc2)c1C#N. The van der Waals surface area contributed by atoms with Gasteiger partial charge in [-0.1, -0.05) is 29.8 Å². The number of rotatable bonds is 4. The van der Waals surface area contributed by atoms with Crippen LogP contribution >= 0.6 is 35.1 Å². The number of benzene rings is 2. The van der Waals surface area contributed by atoms with Gasteiger partial charge in [-0.2, -0.15) is 5.26 Å². The minimum Gasteiger partial charge on any atom is -0.192 e. The predicted molar refractivity (Wildman–Crippen MR) is 84.0 cm³/mol. The summed E-state index contributed by atoms with van der Waals surface area (Å²) < 4.78 is 0. The van der Waals surface area contributed by atoms with Crippen LogP contribution in [0.3, 0.4) is 0 Å². The Kier molecular flexibility index (Phi) is 5.21. The summed E-state index contributed by atoms with van der Waals surface area (Å²) >= 11 is 9.15. The molecule has 0 heterocycles. The third-order valence-electron chi connectivity index (χ3n) is 2.63. The van der Waals surface area contributed by atoms with E-state index in [9.17, 15) is 5.26 Å². The highest BCUT2D eigenvalue weighted by Crippen LogP contribution is 2.31. The molecule has 0 fully saturated rings. The number of thioether (sulfide) groups is 2. The van der Waals surface area contributed by atoms with Crippen LogP contribution in [0.1, 0.15) is 11.1 Å². The molecule has 0 amide bonds. The Bertz CT molecular complexity index is 603. The fourth-order valence-electron chi connectivity index (χ4n) is 1.65. The molecule has 4 heteroatoms. The third kappa shape index (κ3) is 3.70. The molecule has 2 rings (SSSR count). The minimum absolute atomic E-state index is 0.746. The fraction of sp³-hybridized carbons (Fsp3) is 0.133. The van der Waals surface area contributed by atoms with Crippen molar-refractivity contribution < 1.29 is 0 Å². The minimum atomic E-state index is 0.746. The zero-order valence-corrected chi connectivity index (χ0v) is 12.8. The van der Waals surface area contributed by atoms with Gasteiger partial charge in [-0.05, 0) is 36.1 Å². The van der Waals surface area contributed by atoms with Crippen LogP contribution in [0.4, 0.5) is 0 Å². The van der Waals surface area contributed by atoms with Gasteiger partial charge in [-0.25, -0.2) is 0 Å². The Morgan fingerprint density at radius 3 is 2.42 bits per heavy atom. The molecule has 2 aromatic carbocycles. The maximum Gasteiger partial charge on any atom is 0.101 e. The number of halogens is 1. The summed E-state index contributed by atoms with van der Waals surface area (Å²) in [5, 5.41) is 10.0. The topological polar surface area (TPSA) is 23.8 Å². The highest BCUT2D eigenvalue weighted by molar-refractivity contribution is 7.99. The number of nitrogens with zero attached hydrogens (tertiary/aromatic N) is 1. The van der Waals surface area contributed by atoms with Crippen LogP contribution in [0.2, 0.25) is 5.02 Å². The molecule has 0 saturated carbocycles. The van der Waals surface area contributed by atoms with Crippen LogP contribution in [-0.4, -0.2) is 6.26 Å². The van der Waals surface area contributed by atoms with E-state index in [4.69, 9.17) is 11.6 Å². The van der Waals surface area contributed by atoms with Gasteiger partial charge in [0.1, 0.15) is 6.07 Å². The van der Waals surface area contributed by atoms with Crippen molar-refractivity contribution in [2.75, 3.05) is 6.26 Å². The van der Waals surface area contributed by atoms with Gasteiger partial charge in [-0.3, -0.25) is 0 Å². The highest BCUT2D eigenvalue weighted by Gasteiger charge is 2.07. The first-order valence-electron chi connectivity index (χ1n) is 5.69. The van der Waals surface area contributed by atoms with E-state index in [0.29, 0.717) is 0 Å². The van der Waals surface area contributed by atoms with Crippen molar-refractivity contribution in [1.29, 1.82) is 5.26 Å². The Balaban J connectivity index is 2.16. The molecular weight excluding hydrogens is 294 g/mol. The van der Waals surface area contributed by atoms with E-state index < -0.39 is 0 Å². The normalized spacial score (nSPS) is 10.2. The van der Waals surface area contributed by atoms with Crippen LogP contribution in [-0.2, 0) is 5.75 Å². The average molecular weight is 306 g/mol. The fourth-order valence-corrected chi connectivity index (χ4v) is 3.41. The lowest BCUT2D eigenvalue weighted by Crippen LogP contribution is -1.86. The third-order valence-corrected chi connectivity index (χ3v) is 4.79. The van der Waals surface area contributed by atoms with E-state index in [1.165, 1.54) is 5.56 Å². The van der Waals surface area contributed by atoms with E-state index in [-0.39, 0.29) is 0 Å². The molecule has 0 aromatic heterocycles. The number of hydrogen-bond acceptors (Lipinski definition) is 3. The number of nitriles is 1. The van der Waals surface area contributed by atoms with E-state index in [1.54, 1.807) is 23.5 Å². The lowest BCUT2D eigenvalue weighted by Gasteiger charge is -2.07. The second kappa shape index (κ2) is 6.91. The van der Waals surface area contributed by atoms with Crippen molar-refractivity contribution in [3.05, 3.63) is 58.6 Å². The van der Waals surface area contributed by atoms with Crippen molar-refractivity contribution in [1.82, 2.24) is 0 Å². The Morgan fingerprint density at radius 2 is 1.79 bits per heavy atom. The highest BCUT2D eigenvalue weighted by atomic mass is 35.5. The van der Waals surface area contributed by atoms with Crippen LogP contribution in [0.15, 0.2) is 52.3 Å². The van der Waals surface area contributed by atoms with Crippen molar-refractivity contribution in [2.45, 2.75) is 15.5 Å². The second-order valence-corrected chi connectivity index (χ2v) is 6.16.